The maximum Gasteiger partial charge on any atom is 0.329 e. The molecule has 0 bridgehead atoms. The number of amides is 1. The number of ether oxygens (including phenoxy) is 1. The number of carbonyl (C=O) groups excluding carboxylic acids is 1. The number of benzene rings is 1. The molecule has 0 aliphatic heterocycles. The van der Waals surface area contributed by atoms with Crippen molar-refractivity contribution in [2.24, 2.45) is 5.92 Å². The van der Waals surface area contributed by atoms with E-state index in [-0.39, 0.29) is 17.9 Å². The Morgan fingerprint density at radius 2 is 1.88 bits per heavy atom. The summed E-state index contributed by atoms with van der Waals surface area (Å²) in [6, 6.07) is 8.26. The molecule has 0 spiro atoms. The Bertz CT molecular complexity index is 1000. The van der Waals surface area contributed by atoms with Gasteiger partial charge in [0.25, 0.3) is 0 Å². The third-order valence-corrected chi connectivity index (χ3v) is 7.40. The van der Waals surface area contributed by atoms with Gasteiger partial charge in [-0.15, -0.1) is 0 Å². The number of carbonyl (C=O) groups is 2. The molecule has 1 aromatic carbocycles. The Morgan fingerprint density at radius 1 is 1.18 bits per heavy atom. The third-order valence-electron chi connectivity index (χ3n) is 7.40. The quantitative estimate of drug-likeness (QED) is 0.541. The largest absolute Gasteiger partial charge is 0.480 e. The van der Waals surface area contributed by atoms with Gasteiger partial charge in [-0.3, -0.25) is 4.79 Å². The lowest BCUT2D eigenvalue weighted by atomic mass is 9.85. The van der Waals surface area contributed by atoms with Gasteiger partial charge in [-0.2, -0.15) is 0 Å². The zero-order chi connectivity index (χ0) is 24.3. The highest BCUT2D eigenvalue weighted by Crippen LogP contribution is 2.33. The monoisotopic (exact) mass is 468 g/mol. The van der Waals surface area contributed by atoms with Crippen LogP contribution in [-0.4, -0.2) is 33.6 Å². The van der Waals surface area contributed by atoms with Gasteiger partial charge in [-0.25, -0.2) is 9.78 Å². The van der Waals surface area contributed by atoms with E-state index < -0.39 is 11.5 Å². The summed E-state index contributed by atoms with van der Waals surface area (Å²) >= 11 is 0. The van der Waals surface area contributed by atoms with Crippen LogP contribution >= 0.6 is 0 Å². The van der Waals surface area contributed by atoms with E-state index in [4.69, 9.17) is 9.15 Å². The molecule has 2 fully saturated rings. The fourth-order valence-corrected chi connectivity index (χ4v) is 5.14. The molecule has 1 amide bonds. The zero-order valence-electron chi connectivity index (χ0n) is 20.4. The van der Waals surface area contributed by atoms with E-state index in [0.29, 0.717) is 37.7 Å². The van der Waals surface area contributed by atoms with Crippen molar-refractivity contribution in [1.82, 2.24) is 10.3 Å². The molecule has 0 radical (unpaired) electrons. The third kappa shape index (κ3) is 5.35. The first-order valence-electron chi connectivity index (χ1n) is 12.5. The summed E-state index contributed by atoms with van der Waals surface area (Å²) in [5, 5.41) is 12.5. The van der Waals surface area contributed by atoms with Crippen LogP contribution in [0.3, 0.4) is 0 Å². The number of hydrogen-bond acceptors (Lipinski definition) is 5. The second-order valence-electron chi connectivity index (χ2n) is 10.2. The van der Waals surface area contributed by atoms with Crippen molar-refractivity contribution in [1.29, 1.82) is 0 Å². The molecule has 34 heavy (non-hydrogen) atoms. The highest BCUT2D eigenvalue weighted by atomic mass is 16.5. The Balaban J connectivity index is 1.34. The van der Waals surface area contributed by atoms with E-state index >= 15 is 0 Å². The lowest BCUT2D eigenvalue weighted by Crippen LogP contribution is -2.54. The smallest absolute Gasteiger partial charge is 0.329 e. The number of nitrogens with one attached hydrogen (secondary N) is 1. The van der Waals surface area contributed by atoms with E-state index in [0.717, 1.165) is 49.1 Å². The van der Waals surface area contributed by atoms with Crippen LogP contribution in [0.15, 0.2) is 28.7 Å². The normalized spacial score (nSPS) is 22.1. The summed E-state index contributed by atoms with van der Waals surface area (Å²) in [5.74, 6) is 0.503. The maximum atomic E-state index is 12.9. The molecule has 2 aromatic rings. The molecule has 0 saturated heterocycles. The van der Waals surface area contributed by atoms with Crippen LogP contribution in [0.1, 0.15) is 88.1 Å². The molecule has 7 heteroatoms. The van der Waals surface area contributed by atoms with Crippen LogP contribution in [-0.2, 0) is 20.9 Å². The molecule has 184 valence electrons. The van der Waals surface area contributed by atoms with Crippen molar-refractivity contribution >= 4 is 11.9 Å². The van der Waals surface area contributed by atoms with Crippen LogP contribution in [0.4, 0.5) is 0 Å². The number of carboxylic acids is 1. The lowest BCUT2D eigenvalue weighted by Gasteiger charge is -2.32. The number of aryl methyl sites for hydroxylation is 1. The van der Waals surface area contributed by atoms with Crippen molar-refractivity contribution in [3.8, 4) is 11.5 Å². The molecule has 2 aliphatic rings. The highest BCUT2D eigenvalue weighted by Gasteiger charge is 2.44. The Morgan fingerprint density at radius 3 is 2.53 bits per heavy atom. The van der Waals surface area contributed by atoms with Crippen molar-refractivity contribution in [3.05, 3.63) is 41.3 Å². The lowest BCUT2D eigenvalue weighted by molar-refractivity contribution is -0.148. The molecule has 2 saturated carbocycles. The number of carboxylic acid groups (broad SMARTS) is 1. The number of aliphatic carboxylic acids is 1. The maximum absolute atomic E-state index is 12.9. The summed E-state index contributed by atoms with van der Waals surface area (Å²) in [6.45, 7) is 6.55. The van der Waals surface area contributed by atoms with Crippen molar-refractivity contribution in [2.45, 2.75) is 96.3 Å². The van der Waals surface area contributed by atoms with Gasteiger partial charge in [0.1, 0.15) is 17.0 Å². The predicted octanol–water partition coefficient (Wildman–Crippen LogP) is 5.36. The zero-order valence-corrected chi connectivity index (χ0v) is 20.4. The van der Waals surface area contributed by atoms with E-state index in [1.807, 2.05) is 19.1 Å². The Labute approximate surface area is 201 Å². The minimum Gasteiger partial charge on any atom is -0.480 e. The number of aromatic nitrogens is 1. The molecule has 1 aromatic heterocycles. The van der Waals surface area contributed by atoms with Gasteiger partial charge in [-0.05, 0) is 62.6 Å². The van der Waals surface area contributed by atoms with Gasteiger partial charge in [0.05, 0.1) is 12.7 Å². The van der Waals surface area contributed by atoms with Crippen LogP contribution in [0.25, 0.3) is 11.5 Å². The molecule has 2 unspecified atom stereocenters. The molecular weight excluding hydrogens is 432 g/mol. The van der Waals surface area contributed by atoms with Crippen LogP contribution in [0, 0.1) is 12.8 Å². The van der Waals surface area contributed by atoms with Crippen LogP contribution in [0.2, 0.25) is 0 Å². The van der Waals surface area contributed by atoms with Crippen LogP contribution in [0.5, 0.6) is 0 Å². The molecule has 2 atom stereocenters. The van der Waals surface area contributed by atoms with E-state index in [2.05, 4.69) is 36.3 Å². The van der Waals surface area contributed by atoms with Gasteiger partial charge < -0.3 is 19.6 Å². The first-order chi connectivity index (χ1) is 16.3. The summed E-state index contributed by atoms with van der Waals surface area (Å²) in [7, 11) is 0. The van der Waals surface area contributed by atoms with Crippen molar-refractivity contribution < 1.29 is 23.8 Å². The number of oxazole rings is 1. The molecular formula is C27H36N2O5. The second kappa shape index (κ2) is 10.3. The van der Waals surface area contributed by atoms with Gasteiger partial charge >= 0.3 is 5.97 Å². The van der Waals surface area contributed by atoms with E-state index in [1.165, 1.54) is 5.56 Å². The minimum atomic E-state index is -1.09. The topological polar surface area (TPSA) is 102 Å². The van der Waals surface area contributed by atoms with Crippen molar-refractivity contribution in [2.75, 3.05) is 0 Å². The molecule has 4 rings (SSSR count). The summed E-state index contributed by atoms with van der Waals surface area (Å²) < 4.78 is 12.1. The number of nitrogens with zero attached hydrogens (tertiary/aromatic N) is 1. The summed E-state index contributed by atoms with van der Waals surface area (Å²) in [4.78, 5) is 29.4. The first-order valence-corrected chi connectivity index (χ1v) is 12.5. The summed E-state index contributed by atoms with van der Waals surface area (Å²) in [5.41, 5.74) is 1.89. The van der Waals surface area contributed by atoms with E-state index in [1.54, 1.807) is 0 Å². The average Bonchev–Trinajstić information content (AvgIpc) is 3.45. The number of hydrogen-bond donors (Lipinski definition) is 2. The Hall–Kier alpha value is -2.67. The van der Waals surface area contributed by atoms with E-state index in [9.17, 15) is 14.7 Å². The Kier molecular flexibility index (Phi) is 7.41. The summed E-state index contributed by atoms with van der Waals surface area (Å²) in [6.07, 6.45) is 5.77. The highest BCUT2D eigenvalue weighted by molar-refractivity contribution is 5.88. The van der Waals surface area contributed by atoms with Gasteiger partial charge in [-0.1, -0.05) is 45.2 Å². The van der Waals surface area contributed by atoms with Gasteiger partial charge in [0.2, 0.25) is 11.8 Å². The van der Waals surface area contributed by atoms with Gasteiger partial charge in [0.15, 0.2) is 0 Å². The molecule has 1 heterocycles. The van der Waals surface area contributed by atoms with Gasteiger partial charge in [0, 0.05) is 11.5 Å². The molecule has 7 nitrogen and oxygen atoms in total. The first kappa shape index (κ1) is 24.5. The minimum absolute atomic E-state index is 0.0567. The van der Waals surface area contributed by atoms with Crippen LogP contribution < -0.4 is 5.32 Å². The fraction of sp³-hybridized carbons (Fsp3) is 0.593. The molecule has 2 aliphatic carbocycles. The fourth-order valence-electron chi connectivity index (χ4n) is 5.14. The average molecular weight is 469 g/mol. The van der Waals surface area contributed by atoms with Crippen molar-refractivity contribution in [3.63, 3.8) is 0 Å². The SMILES string of the molecule is Cc1oc(-c2ccc(C(C)C)cc2)nc1COC1CCCC(C(=O)NC2(C(=O)O)CCCC2)C1. The predicted molar refractivity (Wildman–Crippen MR) is 128 cm³/mol. The standard InChI is InChI=1S/C27H36N2O5/c1-17(2)19-9-11-20(12-10-19)25-28-23(18(3)34-25)16-33-22-8-6-7-21(15-22)24(30)29-27(26(31)32)13-4-5-14-27/h9-12,17,21-22H,4-8,13-16H2,1-3H3,(H,29,30)(H,31,32). The second-order valence-corrected chi connectivity index (χ2v) is 10.2. The number of rotatable bonds is 8. The molecule has 2 N–H and O–H groups in total.